The minimum atomic E-state index is -0.773. The number of unbranched alkanes of at least 4 members (excludes halogenated alkanes) is 1. The summed E-state index contributed by atoms with van der Waals surface area (Å²) in [5, 5.41) is 0. The Bertz CT molecular complexity index is 671. The number of hydrogen-bond acceptors (Lipinski definition) is 5. The number of ether oxygens (including phenoxy) is 1. The third-order valence-corrected chi connectivity index (χ3v) is 3.14. The predicted octanol–water partition coefficient (Wildman–Crippen LogP) is 2.08. The van der Waals surface area contributed by atoms with E-state index in [-0.39, 0.29) is 0 Å². The van der Waals surface area contributed by atoms with Gasteiger partial charge in [0.25, 0.3) is 0 Å². The monoisotopic (exact) mass is 278 g/mol. The van der Waals surface area contributed by atoms with E-state index in [2.05, 4.69) is 0 Å². The Kier molecular flexibility index (Phi) is 4.12. The maximum Gasteiger partial charge on any atom is 0.420 e. The van der Waals surface area contributed by atoms with E-state index in [9.17, 15) is 9.59 Å². The van der Waals surface area contributed by atoms with Crippen molar-refractivity contribution >= 4 is 22.8 Å². The topological polar surface area (TPSA) is 87.5 Å². The highest BCUT2D eigenvalue weighted by Crippen LogP contribution is 2.23. The van der Waals surface area contributed by atoms with Crippen molar-refractivity contribution in [2.45, 2.75) is 32.7 Å². The van der Waals surface area contributed by atoms with E-state index < -0.39 is 17.8 Å². The van der Waals surface area contributed by atoms with Gasteiger partial charge in [0.1, 0.15) is 11.6 Å². The van der Waals surface area contributed by atoms with Crippen molar-refractivity contribution < 1.29 is 13.9 Å². The summed E-state index contributed by atoms with van der Waals surface area (Å²) in [7, 11) is 0. The molecule has 0 saturated heterocycles. The summed E-state index contributed by atoms with van der Waals surface area (Å²) in [5.41, 5.74) is 7.04. The maximum atomic E-state index is 12.0. The van der Waals surface area contributed by atoms with Crippen LogP contribution in [0, 0.1) is 0 Å². The number of rotatable bonds is 5. The van der Waals surface area contributed by atoms with E-state index in [0.29, 0.717) is 23.4 Å². The standard InChI is InChI=1S/C14H18N2O4/c1-3-4-8-19-13(17)9(2)16-12-10(15)6-5-7-11(12)20-14(16)18/h5-7,9H,3-4,8,15H2,1-2H3. The summed E-state index contributed by atoms with van der Waals surface area (Å²) in [5.74, 6) is -1.08. The molecule has 108 valence electrons. The zero-order chi connectivity index (χ0) is 14.7. The highest BCUT2D eigenvalue weighted by atomic mass is 16.5. The van der Waals surface area contributed by atoms with Crippen LogP contribution in [0.15, 0.2) is 27.4 Å². The lowest BCUT2D eigenvalue weighted by atomic mass is 10.2. The number of carbonyl (C=O) groups excluding carboxylic acids is 1. The van der Waals surface area contributed by atoms with Crippen LogP contribution in [0.4, 0.5) is 5.69 Å². The number of esters is 1. The lowest BCUT2D eigenvalue weighted by Gasteiger charge is -2.12. The van der Waals surface area contributed by atoms with Gasteiger partial charge in [0, 0.05) is 0 Å². The number of anilines is 1. The molecule has 1 aromatic carbocycles. The molecule has 0 amide bonds. The fraction of sp³-hybridized carbons (Fsp3) is 0.429. The zero-order valence-corrected chi connectivity index (χ0v) is 11.6. The lowest BCUT2D eigenvalue weighted by molar-refractivity contribution is -0.147. The molecule has 1 aromatic heterocycles. The van der Waals surface area contributed by atoms with Gasteiger partial charge in [-0.1, -0.05) is 19.4 Å². The van der Waals surface area contributed by atoms with E-state index in [1.165, 1.54) is 4.57 Å². The first-order valence-electron chi connectivity index (χ1n) is 6.62. The number of oxazole rings is 1. The summed E-state index contributed by atoms with van der Waals surface area (Å²) in [6.45, 7) is 3.95. The molecule has 2 aromatic rings. The van der Waals surface area contributed by atoms with Gasteiger partial charge in [-0.2, -0.15) is 0 Å². The average molecular weight is 278 g/mol. The minimum absolute atomic E-state index is 0.347. The van der Waals surface area contributed by atoms with E-state index in [0.717, 1.165) is 12.8 Å². The van der Waals surface area contributed by atoms with Gasteiger partial charge in [-0.25, -0.2) is 9.59 Å². The Morgan fingerprint density at radius 2 is 2.25 bits per heavy atom. The largest absolute Gasteiger partial charge is 0.464 e. The Labute approximate surface area is 116 Å². The molecule has 0 aliphatic heterocycles. The van der Waals surface area contributed by atoms with Gasteiger partial charge in [-0.05, 0) is 25.5 Å². The third kappa shape index (κ3) is 2.54. The van der Waals surface area contributed by atoms with Gasteiger partial charge >= 0.3 is 11.7 Å². The minimum Gasteiger partial charge on any atom is -0.464 e. The second-order valence-electron chi connectivity index (χ2n) is 4.63. The lowest BCUT2D eigenvalue weighted by Crippen LogP contribution is -2.26. The number of nitrogen functional groups attached to an aromatic ring is 1. The molecule has 0 aliphatic carbocycles. The van der Waals surface area contributed by atoms with Crippen LogP contribution < -0.4 is 11.5 Å². The van der Waals surface area contributed by atoms with Gasteiger partial charge in [-0.15, -0.1) is 0 Å². The van der Waals surface area contributed by atoms with Crippen molar-refractivity contribution in [3.8, 4) is 0 Å². The van der Waals surface area contributed by atoms with E-state index in [1.807, 2.05) is 6.92 Å². The normalized spacial score (nSPS) is 12.5. The molecule has 0 fully saturated rings. The fourth-order valence-corrected chi connectivity index (χ4v) is 2.01. The molecule has 2 rings (SSSR count). The number of fused-ring (bicyclic) bond motifs is 1. The van der Waals surface area contributed by atoms with E-state index in [4.69, 9.17) is 14.9 Å². The van der Waals surface area contributed by atoms with Crippen molar-refractivity contribution in [3.63, 3.8) is 0 Å². The number of para-hydroxylation sites is 1. The van der Waals surface area contributed by atoms with Crippen LogP contribution in [0.3, 0.4) is 0 Å². The highest BCUT2D eigenvalue weighted by molar-refractivity contribution is 5.87. The maximum absolute atomic E-state index is 12.0. The molecule has 6 nitrogen and oxygen atoms in total. The quantitative estimate of drug-likeness (QED) is 0.514. The molecule has 1 atom stereocenters. The predicted molar refractivity (Wildman–Crippen MR) is 75.5 cm³/mol. The first-order chi connectivity index (χ1) is 9.56. The first kappa shape index (κ1) is 14.2. The average Bonchev–Trinajstić information content (AvgIpc) is 2.75. The summed E-state index contributed by atoms with van der Waals surface area (Å²) in [4.78, 5) is 23.9. The third-order valence-electron chi connectivity index (χ3n) is 3.14. The number of benzene rings is 1. The molecule has 0 bridgehead atoms. The molecular formula is C14H18N2O4. The van der Waals surface area contributed by atoms with Crippen molar-refractivity contribution in [3.05, 3.63) is 28.7 Å². The molecule has 0 spiro atoms. The second kappa shape index (κ2) is 5.81. The number of aromatic nitrogens is 1. The molecule has 2 N–H and O–H groups in total. The molecule has 0 radical (unpaired) electrons. The van der Waals surface area contributed by atoms with Gasteiger partial charge in [0.15, 0.2) is 5.58 Å². The number of nitrogens with zero attached hydrogens (tertiary/aromatic N) is 1. The first-order valence-corrected chi connectivity index (χ1v) is 6.62. The fourth-order valence-electron chi connectivity index (χ4n) is 2.01. The number of hydrogen-bond donors (Lipinski definition) is 1. The van der Waals surface area contributed by atoms with Crippen LogP contribution in [0.1, 0.15) is 32.7 Å². The van der Waals surface area contributed by atoms with Crippen molar-refractivity contribution in [1.29, 1.82) is 0 Å². The van der Waals surface area contributed by atoms with E-state index in [1.54, 1.807) is 25.1 Å². The zero-order valence-electron chi connectivity index (χ0n) is 11.6. The van der Waals surface area contributed by atoms with Crippen LogP contribution in [-0.2, 0) is 9.53 Å². The summed E-state index contributed by atoms with van der Waals surface area (Å²) >= 11 is 0. The number of nitrogens with two attached hydrogens (primary N) is 1. The Morgan fingerprint density at radius 3 is 2.95 bits per heavy atom. The highest BCUT2D eigenvalue weighted by Gasteiger charge is 2.23. The Balaban J connectivity index is 2.35. The van der Waals surface area contributed by atoms with Crippen LogP contribution in [0.25, 0.3) is 11.1 Å². The van der Waals surface area contributed by atoms with Gasteiger partial charge in [0.2, 0.25) is 0 Å². The molecule has 0 aliphatic rings. The SMILES string of the molecule is CCCCOC(=O)C(C)n1c(=O)oc2cccc(N)c21. The van der Waals surface area contributed by atoms with Crippen LogP contribution in [-0.4, -0.2) is 17.1 Å². The van der Waals surface area contributed by atoms with Crippen LogP contribution in [0.5, 0.6) is 0 Å². The van der Waals surface area contributed by atoms with Crippen molar-refractivity contribution in [2.75, 3.05) is 12.3 Å². The van der Waals surface area contributed by atoms with Crippen molar-refractivity contribution in [1.82, 2.24) is 4.57 Å². The van der Waals surface area contributed by atoms with Gasteiger partial charge in [-0.3, -0.25) is 4.57 Å². The Hall–Kier alpha value is -2.24. The van der Waals surface area contributed by atoms with Crippen LogP contribution >= 0.6 is 0 Å². The molecule has 6 heteroatoms. The number of carbonyl (C=O) groups is 1. The van der Waals surface area contributed by atoms with Gasteiger partial charge in [0.05, 0.1) is 12.3 Å². The molecule has 1 heterocycles. The second-order valence-corrected chi connectivity index (χ2v) is 4.63. The molecular weight excluding hydrogens is 260 g/mol. The summed E-state index contributed by atoms with van der Waals surface area (Å²) in [6.07, 6.45) is 1.73. The molecule has 20 heavy (non-hydrogen) atoms. The van der Waals surface area contributed by atoms with Gasteiger partial charge < -0.3 is 14.9 Å². The summed E-state index contributed by atoms with van der Waals surface area (Å²) < 4.78 is 11.5. The molecule has 1 unspecified atom stereocenters. The smallest absolute Gasteiger partial charge is 0.420 e. The van der Waals surface area contributed by atoms with Crippen molar-refractivity contribution in [2.24, 2.45) is 0 Å². The molecule has 0 saturated carbocycles. The van der Waals surface area contributed by atoms with Crippen LogP contribution in [0.2, 0.25) is 0 Å². The summed E-state index contributed by atoms with van der Waals surface area (Å²) in [6, 6.07) is 4.21. The Morgan fingerprint density at radius 1 is 1.50 bits per heavy atom. The van der Waals surface area contributed by atoms with E-state index >= 15 is 0 Å².